The predicted octanol–water partition coefficient (Wildman–Crippen LogP) is 10.2. The van der Waals surface area contributed by atoms with Crippen molar-refractivity contribution in [2.75, 3.05) is 13.2 Å². The maximum Gasteiger partial charge on any atom is 0.422 e. The number of hydrogen-bond acceptors (Lipinski definition) is 11. The maximum atomic E-state index is 14.1. The van der Waals surface area contributed by atoms with E-state index in [1.54, 1.807) is 42.5 Å². The van der Waals surface area contributed by atoms with Gasteiger partial charge in [0.25, 0.3) is 0 Å². The van der Waals surface area contributed by atoms with Gasteiger partial charge in [0.2, 0.25) is 0 Å². The van der Waals surface area contributed by atoms with E-state index in [1.807, 2.05) is 13.8 Å². The minimum Gasteiger partial charge on any atom is -0.483 e. The van der Waals surface area contributed by atoms with Crippen molar-refractivity contribution < 1.29 is 54.8 Å². The van der Waals surface area contributed by atoms with Gasteiger partial charge in [-0.2, -0.15) is 35.1 Å². The Bertz CT molecular complexity index is 2250. The molecule has 4 aromatic carbocycles. The first-order valence-electron chi connectivity index (χ1n) is 18.0. The van der Waals surface area contributed by atoms with Crippen molar-refractivity contribution in [1.29, 1.82) is 0 Å². The van der Waals surface area contributed by atoms with Gasteiger partial charge in [-0.25, -0.2) is 4.63 Å². The van der Waals surface area contributed by atoms with Crippen LogP contribution in [-0.4, -0.2) is 56.6 Å². The molecule has 2 aromatic heterocycles. The number of ether oxygens (including phenoxy) is 3. The smallest absolute Gasteiger partial charge is 0.422 e. The standard InChI is InChI=1S/C40H34F6N4O6S/c1-21(2)13-29(23-7-11-35(53-19-39(41,42)43)27(15-23)25-5-9-31-33(17-25)48-56-47-31)37(51)55-38(52)30(14-22-3-4-22)24-8-12-36(54-20-40(44,45)46)28(16-24)26-6-10-32-34(18-26)50-57-49-32/h5-12,15-18,21-22,29-30H,3-4,13-14,19-20H2,1-2H3. The molecule has 0 aliphatic heterocycles. The summed E-state index contributed by atoms with van der Waals surface area (Å²) in [5, 5.41) is 7.60. The Labute approximate surface area is 325 Å². The Morgan fingerprint density at radius 2 is 1.23 bits per heavy atom. The van der Waals surface area contributed by atoms with E-state index in [9.17, 15) is 35.9 Å². The van der Waals surface area contributed by atoms with E-state index in [0.717, 1.165) is 24.6 Å². The molecule has 57 heavy (non-hydrogen) atoms. The van der Waals surface area contributed by atoms with Gasteiger partial charge in [0.15, 0.2) is 13.2 Å². The highest BCUT2D eigenvalue weighted by molar-refractivity contribution is 7.00. The van der Waals surface area contributed by atoms with Gasteiger partial charge < -0.3 is 14.2 Å². The average Bonchev–Trinajstić information content (AvgIpc) is 3.64. The third kappa shape index (κ3) is 9.87. The van der Waals surface area contributed by atoms with Crippen LogP contribution < -0.4 is 9.47 Å². The van der Waals surface area contributed by atoms with Gasteiger partial charge in [-0.3, -0.25) is 9.59 Å². The van der Waals surface area contributed by atoms with E-state index >= 15 is 0 Å². The Kier molecular flexibility index (Phi) is 11.2. The lowest BCUT2D eigenvalue weighted by Gasteiger charge is -2.22. The van der Waals surface area contributed by atoms with E-state index in [1.165, 1.54) is 30.3 Å². The zero-order chi connectivity index (χ0) is 40.5. The van der Waals surface area contributed by atoms with E-state index < -0.39 is 49.3 Å². The number of esters is 2. The molecule has 0 spiro atoms. The second kappa shape index (κ2) is 16.1. The Morgan fingerprint density at radius 3 is 1.81 bits per heavy atom. The molecule has 2 unspecified atom stereocenters. The molecule has 1 aliphatic carbocycles. The summed E-state index contributed by atoms with van der Waals surface area (Å²) in [5.41, 5.74) is 4.08. The third-order valence-corrected chi connectivity index (χ3v) is 10.0. The third-order valence-electron chi connectivity index (χ3n) is 9.47. The molecule has 6 aromatic rings. The first-order chi connectivity index (χ1) is 27.1. The Morgan fingerprint density at radius 1 is 0.702 bits per heavy atom. The van der Waals surface area contributed by atoms with Crippen LogP contribution in [0.5, 0.6) is 11.5 Å². The lowest BCUT2D eigenvalue weighted by Crippen LogP contribution is -2.25. The van der Waals surface area contributed by atoms with Crippen LogP contribution in [0.4, 0.5) is 26.3 Å². The van der Waals surface area contributed by atoms with Crippen molar-refractivity contribution >= 4 is 45.7 Å². The van der Waals surface area contributed by atoms with Crippen molar-refractivity contribution in [3.05, 3.63) is 83.9 Å². The van der Waals surface area contributed by atoms with E-state index in [2.05, 4.69) is 19.1 Å². The van der Waals surface area contributed by atoms with Crippen LogP contribution in [0.2, 0.25) is 0 Å². The summed E-state index contributed by atoms with van der Waals surface area (Å²) in [7, 11) is 0. The lowest BCUT2D eigenvalue weighted by molar-refractivity contribution is -0.162. The Hall–Kier alpha value is -5.58. The number of aromatic nitrogens is 4. The topological polar surface area (TPSA) is 127 Å². The number of carbonyl (C=O) groups excluding carboxylic acids is 2. The molecule has 10 nitrogen and oxygen atoms in total. The van der Waals surface area contributed by atoms with Crippen LogP contribution in [0, 0.1) is 11.8 Å². The monoisotopic (exact) mass is 812 g/mol. The SMILES string of the molecule is CC(C)CC(C(=O)OC(=O)C(CC1CC1)c1ccc(OCC(F)(F)F)c(-c2ccc3nsnc3c2)c1)c1ccc(OCC(F)(F)F)c(-c2ccc3nonc3c2)c1. The molecular formula is C40H34F6N4O6S. The molecule has 1 saturated carbocycles. The van der Waals surface area contributed by atoms with E-state index in [-0.39, 0.29) is 40.9 Å². The maximum absolute atomic E-state index is 14.1. The largest absolute Gasteiger partial charge is 0.483 e. The van der Waals surface area contributed by atoms with Gasteiger partial charge >= 0.3 is 24.3 Å². The molecule has 1 fully saturated rings. The lowest BCUT2D eigenvalue weighted by atomic mass is 9.88. The summed E-state index contributed by atoms with van der Waals surface area (Å²) >= 11 is 0.985. The minimum absolute atomic E-state index is 0.0670. The molecule has 7 rings (SSSR count). The van der Waals surface area contributed by atoms with Crippen LogP contribution in [-0.2, 0) is 14.3 Å². The van der Waals surface area contributed by atoms with Gasteiger partial charge in [-0.15, -0.1) is 0 Å². The summed E-state index contributed by atoms with van der Waals surface area (Å²) in [6.07, 6.45) is -6.99. The molecule has 0 radical (unpaired) electrons. The van der Waals surface area contributed by atoms with Crippen molar-refractivity contribution in [3.8, 4) is 33.8 Å². The summed E-state index contributed by atoms with van der Waals surface area (Å²) in [6, 6.07) is 18.5. The number of alkyl halides is 6. The van der Waals surface area contributed by atoms with Gasteiger partial charge in [-0.1, -0.05) is 51.0 Å². The van der Waals surface area contributed by atoms with Crippen LogP contribution in [0.25, 0.3) is 44.3 Å². The highest BCUT2D eigenvalue weighted by Gasteiger charge is 2.36. The molecule has 2 atom stereocenters. The normalized spacial score (nSPS) is 14.5. The summed E-state index contributed by atoms with van der Waals surface area (Å²) < 4.78 is 109. The summed E-state index contributed by atoms with van der Waals surface area (Å²) in [4.78, 5) is 28.2. The second-order valence-corrected chi connectivity index (χ2v) is 14.9. The molecule has 17 heteroatoms. The van der Waals surface area contributed by atoms with Crippen molar-refractivity contribution in [2.45, 2.75) is 63.7 Å². The summed E-state index contributed by atoms with van der Waals surface area (Å²) in [5.74, 6) is -3.78. The highest BCUT2D eigenvalue weighted by Crippen LogP contribution is 2.43. The van der Waals surface area contributed by atoms with Crippen LogP contribution in [0.15, 0.2) is 77.4 Å². The number of benzene rings is 4. The zero-order valence-electron chi connectivity index (χ0n) is 30.4. The van der Waals surface area contributed by atoms with Gasteiger partial charge in [0, 0.05) is 11.1 Å². The number of hydrogen-bond donors (Lipinski definition) is 0. The van der Waals surface area contributed by atoms with Gasteiger partial charge in [0.05, 0.1) is 23.6 Å². The highest BCUT2D eigenvalue weighted by atomic mass is 32.1. The molecule has 2 heterocycles. The number of fused-ring (bicyclic) bond motifs is 2. The molecule has 0 amide bonds. The van der Waals surface area contributed by atoms with Crippen LogP contribution >= 0.6 is 11.7 Å². The first-order valence-corrected chi connectivity index (χ1v) is 18.7. The van der Waals surface area contributed by atoms with Crippen molar-refractivity contribution in [1.82, 2.24) is 19.1 Å². The van der Waals surface area contributed by atoms with Gasteiger partial charge in [-0.05, 0) is 106 Å². The fraction of sp³-hybridized carbons (Fsp3) is 0.350. The van der Waals surface area contributed by atoms with E-state index in [4.69, 9.17) is 18.8 Å². The predicted molar refractivity (Wildman–Crippen MR) is 197 cm³/mol. The average molecular weight is 813 g/mol. The fourth-order valence-corrected chi connectivity index (χ4v) is 7.10. The van der Waals surface area contributed by atoms with Gasteiger partial charge in [0.1, 0.15) is 33.6 Å². The molecule has 0 N–H and O–H groups in total. The zero-order valence-corrected chi connectivity index (χ0v) is 31.2. The van der Waals surface area contributed by atoms with E-state index in [0.29, 0.717) is 50.7 Å². The van der Waals surface area contributed by atoms with Crippen molar-refractivity contribution in [2.24, 2.45) is 11.8 Å². The second-order valence-electron chi connectivity index (χ2n) is 14.4. The van der Waals surface area contributed by atoms with Crippen LogP contribution in [0.1, 0.15) is 62.5 Å². The molecule has 0 bridgehead atoms. The minimum atomic E-state index is -4.62. The molecule has 1 aliphatic rings. The number of nitrogens with zero attached hydrogens (tertiary/aromatic N) is 4. The first kappa shape index (κ1) is 39.6. The molecule has 298 valence electrons. The molecule has 0 saturated heterocycles. The number of rotatable bonds is 14. The number of carbonyl (C=O) groups is 2. The van der Waals surface area contributed by atoms with Crippen molar-refractivity contribution in [3.63, 3.8) is 0 Å². The van der Waals surface area contributed by atoms with Crippen LogP contribution in [0.3, 0.4) is 0 Å². The quantitative estimate of drug-likeness (QED) is 0.0596. The molecular weight excluding hydrogens is 779 g/mol. The summed E-state index contributed by atoms with van der Waals surface area (Å²) in [6.45, 7) is 0.639. The Balaban J connectivity index is 1.21. The fourth-order valence-electron chi connectivity index (χ4n) is 6.59. The number of halogens is 6.